The minimum Gasteiger partial charge on any atom is -0.380 e. The van der Waals surface area contributed by atoms with Gasteiger partial charge in [-0.25, -0.2) is 0 Å². The monoisotopic (exact) mass is 239 g/mol. The fourth-order valence-corrected chi connectivity index (χ4v) is 3.04. The second kappa shape index (κ2) is 4.24. The summed E-state index contributed by atoms with van der Waals surface area (Å²) in [6.45, 7) is 17.7. The van der Waals surface area contributed by atoms with E-state index < -0.39 is 0 Å². The first-order chi connectivity index (χ1) is 7.74. The van der Waals surface area contributed by atoms with Crippen LogP contribution in [-0.4, -0.2) is 37.7 Å². The van der Waals surface area contributed by atoms with Crippen molar-refractivity contribution >= 4 is 0 Å². The molecule has 0 aromatic heterocycles. The van der Waals surface area contributed by atoms with E-state index in [1.54, 1.807) is 0 Å². The summed E-state index contributed by atoms with van der Waals surface area (Å²) in [5.74, 6) is 0. The van der Waals surface area contributed by atoms with Crippen LogP contribution in [0.4, 0.5) is 0 Å². The summed E-state index contributed by atoms with van der Waals surface area (Å²) in [7, 11) is 0. The van der Waals surface area contributed by atoms with Crippen molar-refractivity contribution in [2.75, 3.05) is 32.8 Å². The van der Waals surface area contributed by atoms with Gasteiger partial charge in [0.2, 0.25) is 0 Å². The molecule has 0 aromatic rings. The lowest BCUT2D eigenvalue weighted by Gasteiger charge is -2.50. The van der Waals surface area contributed by atoms with E-state index in [9.17, 15) is 0 Å². The zero-order valence-electron chi connectivity index (χ0n) is 12.3. The van der Waals surface area contributed by atoms with Crippen LogP contribution >= 0.6 is 0 Å². The van der Waals surface area contributed by atoms with E-state index in [0.29, 0.717) is 16.2 Å². The maximum absolute atomic E-state index is 5.35. The third-order valence-corrected chi connectivity index (χ3v) is 5.28. The normalized spacial score (nSPS) is 28.8. The van der Waals surface area contributed by atoms with Crippen LogP contribution in [0.2, 0.25) is 0 Å². The average molecular weight is 239 g/mol. The van der Waals surface area contributed by atoms with Crippen molar-refractivity contribution in [2.24, 2.45) is 16.2 Å². The Morgan fingerprint density at radius 2 is 1.59 bits per heavy atom. The van der Waals surface area contributed by atoms with Crippen molar-refractivity contribution in [1.82, 2.24) is 4.90 Å². The molecule has 2 aliphatic heterocycles. The zero-order valence-corrected chi connectivity index (χ0v) is 12.3. The molecule has 0 saturated carbocycles. The molecule has 17 heavy (non-hydrogen) atoms. The van der Waals surface area contributed by atoms with Crippen LogP contribution in [0, 0.1) is 16.2 Å². The third-order valence-electron chi connectivity index (χ3n) is 5.28. The van der Waals surface area contributed by atoms with E-state index in [2.05, 4.69) is 39.5 Å². The molecule has 100 valence electrons. The van der Waals surface area contributed by atoms with Gasteiger partial charge >= 0.3 is 0 Å². The predicted octanol–water partition coefficient (Wildman–Crippen LogP) is 3.17. The zero-order chi connectivity index (χ0) is 12.7. The minimum atomic E-state index is 0.433. The van der Waals surface area contributed by atoms with Crippen molar-refractivity contribution in [1.29, 1.82) is 0 Å². The predicted molar refractivity (Wildman–Crippen MR) is 72.2 cm³/mol. The summed E-state index contributed by atoms with van der Waals surface area (Å²) in [5.41, 5.74) is 1.39. The second-order valence-electron chi connectivity index (χ2n) is 7.89. The van der Waals surface area contributed by atoms with Gasteiger partial charge in [0.1, 0.15) is 0 Å². The fraction of sp³-hybridized carbons (Fsp3) is 1.00. The van der Waals surface area contributed by atoms with E-state index in [1.165, 1.54) is 32.5 Å². The maximum atomic E-state index is 5.35. The Morgan fingerprint density at radius 1 is 1.06 bits per heavy atom. The number of ether oxygens (including phenoxy) is 1. The molecular formula is C15H29NO. The van der Waals surface area contributed by atoms with Crippen LogP contribution in [0.15, 0.2) is 0 Å². The summed E-state index contributed by atoms with van der Waals surface area (Å²) < 4.78 is 5.35. The number of rotatable bonds is 2. The van der Waals surface area contributed by atoms with Gasteiger partial charge in [0, 0.05) is 12.0 Å². The standard InChI is InChI=1S/C15H29NO/c1-13(2,3)15(5)6-8-16(9-7-15)10-14(4)11-17-12-14/h6-12H2,1-5H3. The first kappa shape index (κ1) is 13.4. The minimum absolute atomic E-state index is 0.433. The molecule has 0 bridgehead atoms. The number of hydrogen-bond acceptors (Lipinski definition) is 2. The van der Waals surface area contributed by atoms with Gasteiger partial charge in [-0.2, -0.15) is 0 Å². The molecule has 0 aliphatic carbocycles. The van der Waals surface area contributed by atoms with Crippen molar-refractivity contribution in [3.63, 3.8) is 0 Å². The third kappa shape index (κ3) is 2.68. The highest BCUT2D eigenvalue weighted by molar-refractivity contribution is 4.93. The van der Waals surface area contributed by atoms with E-state index in [-0.39, 0.29) is 0 Å². The Bertz CT molecular complexity index is 267. The molecule has 0 N–H and O–H groups in total. The van der Waals surface area contributed by atoms with Gasteiger partial charge < -0.3 is 9.64 Å². The molecule has 0 atom stereocenters. The highest BCUT2D eigenvalue weighted by atomic mass is 16.5. The Hall–Kier alpha value is -0.0800. The Morgan fingerprint density at radius 3 is 1.94 bits per heavy atom. The van der Waals surface area contributed by atoms with Crippen molar-refractivity contribution in [3.8, 4) is 0 Å². The molecule has 0 unspecified atom stereocenters. The average Bonchev–Trinajstić information content (AvgIpc) is 2.18. The van der Waals surface area contributed by atoms with Gasteiger partial charge in [-0.05, 0) is 36.8 Å². The van der Waals surface area contributed by atoms with Gasteiger partial charge in [-0.15, -0.1) is 0 Å². The van der Waals surface area contributed by atoms with Crippen LogP contribution in [0.1, 0.15) is 47.5 Å². The molecule has 2 rings (SSSR count). The smallest absolute Gasteiger partial charge is 0.0554 e. The molecule has 2 nitrogen and oxygen atoms in total. The summed E-state index contributed by atoms with van der Waals surface area (Å²) in [6, 6.07) is 0. The molecule has 2 saturated heterocycles. The SMILES string of the molecule is CC1(CN2CCC(C)(C(C)(C)C)CC2)COC1. The number of piperidine rings is 1. The lowest BCUT2D eigenvalue weighted by molar-refractivity contribution is -0.121. The van der Waals surface area contributed by atoms with Gasteiger partial charge in [0.15, 0.2) is 0 Å². The summed E-state index contributed by atoms with van der Waals surface area (Å²) in [6.07, 6.45) is 2.68. The van der Waals surface area contributed by atoms with Gasteiger partial charge in [-0.1, -0.05) is 34.6 Å². The number of likely N-dealkylation sites (tertiary alicyclic amines) is 1. The first-order valence-electron chi connectivity index (χ1n) is 7.04. The molecule has 0 aromatic carbocycles. The Labute approximate surface area is 107 Å². The molecule has 2 fully saturated rings. The van der Waals surface area contributed by atoms with Crippen LogP contribution in [0.5, 0.6) is 0 Å². The van der Waals surface area contributed by atoms with Crippen LogP contribution < -0.4 is 0 Å². The highest BCUT2D eigenvalue weighted by Crippen LogP contribution is 2.46. The summed E-state index contributed by atoms with van der Waals surface area (Å²) in [5, 5.41) is 0. The quantitative estimate of drug-likeness (QED) is 0.734. The molecule has 0 amide bonds. The fourth-order valence-electron chi connectivity index (χ4n) is 3.04. The van der Waals surface area contributed by atoms with Crippen LogP contribution in [0.3, 0.4) is 0 Å². The van der Waals surface area contributed by atoms with E-state index in [1.807, 2.05) is 0 Å². The molecule has 2 heterocycles. The summed E-state index contributed by atoms with van der Waals surface area (Å²) in [4.78, 5) is 2.65. The van der Waals surface area contributed by atoms with Gasteiger partial charge in [-0.3, -0.25) is 0 Å². The van der Waals surface area contributed by atoms with Crippen molar-refractivity contribution < 1.29 is 4.74 Å². The first-order valence-corrected chi connectivity index (χ1v) is 7.04. The maximum Gasteiger partial charge on any atom is 0.0554 e. The Kier molecular flexibility index (Phi) is 3.33. The highest BCUT2D eigenvalue weighted by Gasteiger charge is 2.42. The van der Waals surface area contributed by atoms with Crippen LogP contribution in [0.25, 0.3) is 0 Å². The van der Waals surface area contributed by atoms with E-state index >= 15 is 0 Å². The van der Waals surface area contributed by atoms with E-state index in [4.69, 9.17) is 4.74 Å². The molecule has 0 spiro atoms. The molecule has 2 heteroatoms. The van der Waals surface area contributed by atoms with Crippen LogP contribution in [-0.2, 0) is 4.74 Å². The summed E-state index contributed by atoms with van der Waals surface area (Å²) >= 11 is 0. The largest absolute Gasteiger partial charge is 0.380 e. The lowest BCUT2D eigenvalue weighted by Crippen LogP contribution is -2.52. The second-order valence-corrected chi connectivity index (χ2v) is 7.89. The van der Waals surface area contributed by atoms with Crippen molar-refractivity contribution in [3.05, 3.63) is 0 Å². The van der Waals surface area contributed by atoms with Gasteiger partial charge in [0.25, 0.3) is 0 Å². The molecule has 0 radical (unpaired) electrons. The number of nitrogens with zero attached hydrogens (tertiary/aromatic N) is 1. The van der Waals surface area contributed by atoms with E-state index in [0.717, 1.165) is 13.2 Å². The topological polar surface area (TPSA) is 12.5 Å². The Balaban J connectivity index is 1.86. The van der Waals surface area contributed by atoms with Crippen molar-refractivity contribution in [2.45, 2.75) is 47.5 Å². The molecule has 2 aliphatic rings. The lowest BCUT2D eigenvalue weighted by atomic mass is 9.62. The number of hydrogen-bond donors (Lipinski definition) is 0. The molecular weight excluding hydrogens is 210 g/mol. The van der Waals surface area contributed by atoms with Gasteiger partial charge in [0.05, 0.1) is 13.2 Å².